The molecule has 110 valence electrons. The molecule has 0 radical (unpaired) electrons. The lowest BCUT2D eigenvalue weighted by atomic mass is 10.0. The van der Waals surface area contributed by atoms with E-state index in [9.17, 15) is 5.11 Å². The summed E-state index contributed by atoms with van der Waals surface area (Å²) in [4.78, 5) is 0. The fourth-order valence-corrected chi connectivity index (χ4v) is 2.39. The van der Waals surface area contributed by atoms with Gasteiger partial charge in [-0.2, -0.15) is 0 Å². The molecule has 1 aromatic rings. The summed E-state index contributed by atoms with van der Waals surface area (Å²) in [5.74, 6) is -0.730. The second-order valence-electron chi connectivity index (χ2n) is 5.41. The summed E-state index contributed by atoms with van der Waals surface area (Å²) in [6, 6.07) is 9.76. The predicted molar refractivity (Wildman–Crippen MR) is 77.0 cm³/mol. The van der Waals surface area contributed by atoms with E-state index in [1.165, 1.54) is 0 Å². The molecule has 0 aliphatic carbocycles. The lowest BCUT2D eigenvalue weighted by molar-refractivity contribution is -0.153. The molecular weight excluding hydrogens is 256 g/mol. The minimum atomic E-state index is -0.770. The summed E-state index contributed by atoms with van der Waals surface area (Å²) in [7, 11) is 0. The summed E-state index contributed by atoms with van der Waals surface area (Å²) < 4.78 is 11.4. The van der Waals surface area contributed by atoms with Crippen LogP contribution in [-0.4, -0.2) is 40.9 Å². The molecule has 1 heterocycles. The van der Waals surface area contributed by atoms with Gasteiger partial charge in [0.1, 0.15) is 12.2 Å². The van der Waals surface area contributed by atoms with Gasteiger partial charge in [0.15, 0.2) is 5.79 Å². The average molecular weight is 278 g/mol. The summed E-state index contributed by atoms with van der Waals surface area (Å²) in [5.41, 5.74) is 1.02. The number of benzene rings is 1. The Kier molecular flexibility index (Phi) is 4.94. The molecule has 3 atom stereocenters. The first-order chi connectivity index (χ1) is 9.52. The molecule has 1 saturated heterocycles. The van der Waals surface area contributed by atoms with E-state index >= 15 is 0 Å². The molecule has 4 nitrogen and oxygen atoms in total. The van der Waals surface area contributed by atoms with E-state index in [2.05, 4.69) is 0 Å². The molecule has 0 aromatic heterocycles. The van der Waals surface area contributed by atoms with Gasteiger partial charge in [-0.15, -0.1) is 0 Å². The van der Waals surface area contributed by atoms with Crippen LogP contribution >= 0.6 is 0 Å². The Hall–Kier alpha value is -1.20. The molecule has 1 fully saturated rings. The standard InChI is InChI=1S/C16H22O4/c1-16(2)19-14(10-11-17)15(20-16)13(18)9-8-12-6-4-3-5-7-12/h3-9,13-15,17-18H,10-11H2,1-2H3/b9-8+/t13?,14-,15+/m1/s1. The second-order valence-corrected chi connectivity index (χ2v) is 5.41. The number of aliphatic hydroxyl groups is 2. The van der Waals surface area contributed by atoms with Crippen molar-refractivity contribution in [1.82, 2.24) is 0 Å². The van der Waals surface area contributed by atoms with Crippen LogP contribution in [0.5, 0.6) is 0 Å². The molecular formula is C16H22O4. The number of aliphatic hydroxyl groups excluding tert-OH is 2. The molecule has 1 aliphatic heterocycles. The lowest BCUT2D eigenvalue weighted by Crippen LogP contribution is -2.34. The van der Waals surface area contributed by atoms with Gasteiger partial charge in [-0.1, -0.05) is 42.5 Å². The minimum absolute atomic E-state index is 0.00965. The van der Waals surface area contributed by atoms with E-state index in [-0.39, 0.29) is 12.7 Å². The highest BCUT2D eigenvalue weighted by atomic mass is 16.8. The van der Waals surface area contributed by atoms with Gasteiger partial charge in [0.2, 0.25) is 0 Å². The largest absolute Gasteiger partial charge is 0.396 e. The average Bonchev–Trinajstić information content (AvgIpc) is 2.73. The van der Waals surface area contributed by atoms with Crippen LogP contribution in [0.3, 0.4) is 0 Å². The molecule has 2 N–H and O–H groups in total. The maximum atomic E-state index is 10.3. The van der Waals surface area contributed by atoms with Crippen LogP contribution in [0, 0.1) is 0 Å². The van der Waals surface area contributed by atoms with Gasteiger partial charge in [0.25, 0.3) is 0 Å². The monoisotopic (exact) mass is 278 g/mol. The van der Waals surface area contributed by atoms with Crippen molar-refractivity contribution in [2.24, 2.45) is 0 Å². The van der Waals surface area contributed by atoms with Crippen LogP contribution in [-0.2, 0) is 9.47 Å². The summed E-state index contributed by atoms with van der Waals surface area (Å²) in [6.07, 6.45) is 2.48. The van der Waals surface area contributed by atoms with Crippen molar-refractivity contribution >= 4 is 6.08 Å². The highest BCUT2D eigenvalue weighted by Gasteiger charge is 2.43. The first-order valence-electron chi connectivity index (χ1n) is 6.90. The molecule has 0 saturated carbocycles. The van der Waals surface area contributed by atoms with Gasteiger partial charge in [-0.05, 0) is 25.8 Å². The number of ether oxygens (including phenoxy) is 2. The third kappa shape index (κ3) is 3.90. The molecule has 1 aliphatic rings. The zero-order valence-electron chi connectivity index (χ0n) is 11.9. The highest BCUT2D eigenvalue weighted by Crippen LogP contribution is 2.32. The SMILES string of the molecule is CC1(C)O[C@H](CCO)[C@H](C(O)/C=C/c2ccccc2)O1. The summed E-state index contributed by atoms with van der Waals surface area (Å²) in [6.45, 7) is 3.63. The zero-order valence-corrected chi connectivity index (χ0v) is 11.9. The fourth-order valence-electron chi connectivity index (χ4n) is 2.39. The maximum Gasteiger partial charge on any atom is 0.163 e. The Labute approximate surface area is 119 Å². The lowest BCUT2D eigenvalue weighted by Gasteiger charge is -2.19. The van der Waals surface area contributed by atoms with Crippen molar-refractivity contribution in [1.29, 1.82) is 0 Å². The van der Waals surface area contributed by atoms with Crippen LogP contribution < -0.4 is 0 Å². The molecule has 4 heteroatoms. The summed E-state index contributed by atoms with van der Waals surface area (Å²) in [5, 5.41) is 19.3. The van der Waals surface area contributed by atoms with Gasteiger partial charge in [0, 0.05) is 6.61 Å². The first kappa shape index (κ1) is 15.2. The normalized spacial score (nSPS) is 27.0. The maximum absolute atomic E-state index is 10.3. The van der Waals surface area contributed by atoms with Crippen LogP contribution in [0.2, 0.25) is 0 Å². The van der Waals surface area contributed by atoms with E-state index < -0.39 is 18.0 Å². The van der Waals surface area contributed by atoms with Gasteiger partial charge in [-0.3, -0.25) is 0 Å². The molecule has 2 rings (SSSR count). The first-order valence-corrected chi connectivity index (χ1v) is 6.90. The number of rotatable bonds is 5. The van der Waals surface area contributed by atoms with E-state index in [1.807, 2.05) is 50.3 Å². The molecule has 0 amide bonds. The van der Waals surface area contributed by atoms with E-state index in [4.69, 9.17) is 14.6 Å². The Balaban J connectivity index is 2.03. The number of hydrogen-bond donors (Lipinski definition) is 2. The third-order valence-electron chi connectivity index (χ3n) is 3.26. The molecule has 20 heavy (non-hydrogen) atoms. The van der Waals surface area contributed by atoms with E-state index in [1.54, 1.807) is 6.08 Å². The van der Waals surface area contributed by atoms with Crippen molar-refractivity contribution in [2.75, 3.05) is 6.61 Å². The van der Waals surface area contributed by atoms with Crippen LogP contribution in [0.4, 0.5) is 0 Å². The second kappa shape index (κ2) is 6.50. The van der Waals surface area contributed by atoms with Crippen LogP contribution in [0.15, 0.2) is 36.4 Å². The van der Waals surface area contributed by atoms with Crippen LogP contribution in [0.1, 0.15) is 25.8 Å². The Bertz CT molecular complexity index is 441. The minimum Gasteiger partial charge on any atom is -0.396 e. The van der Waals surface area contributed by atoms with Crippen molar-refractivity contribution < 1.29 is 19.7 Å². The Morgan fingerprint density at radius 1 is 1.25 bits per heavy atom. The van der Waals surface area contributed by atoms with Crippen molar-refractivity contribution in [3.63, 3.8) is 0 Å². The van der Waals surface area contributed by atoms with Gasteiger partial charge >= 0.3 is 0 Å². The van der Waals surface area contributed by atoms with Crippen molar-refractivity contribution in [3.8, 4) is 0 Å². The fraction of sp³-hybridized carbons (Fsp3) is 0.500. The summed E-state index contributed by atoms with van der Waals surface area (Å²) >= 11 is 0. The topological polar surface area (TPSA) is 58.9 Å². The van der Waals surface area contributed by atoms with E-state index in [0.717, 1.165) is 5.56 Å². The zero-order chi connectivity index (χ0) is 14.6. The number of hydrogen-bond acceptors (Lipinski definition) is 4. The van der Waals surface area contributed by atoms with E-state index in [0.29, 0.717) is 6.42 Å². The van der Waals surface area contributed by atoms with Gasteiger partial charge in [0.05, 0.1) is 6.10 Å². The molecule has 1 unspecified atom stereocenters. The molecule has 1 aromatic carbocycles. The highest BCUT2D eigenvalue weighted by molar-refractivity contribution is 5.49. The molecule has 0 bridgehead atoms. The Morgan fingerprint density at radius 2 is 1.95 bits per heavy atom. The van der Waals surface area contributed by atoms with Crippen molar-refractivity contribution in [2.45, 2.75) is 44.4 Å². The smallest absolute Gasteiger partial charge is 0.163 e. The third-order valence-corrected chi connectivity index (χ3v) is 3.26. The van der Waals surface area contributed by atoms with Gasteiger partial charge < -0.3 is 19.7 Å². The Morgan fingerprint density at radius 3 is 2.60 bits per heavy atom. The van der Waals surface area contributed by atoms with Crippen LogP contribution in [0.25, 0.3) is 6.08 Å². The predicted octanol–water partition coefficient (Wildman–Crippen LogP) is 1.96. The quantitative estimate of drug-likeness (QED) is 0.864. The van der Waals surface area contributed by atoms with Crippen molar-refractivity contribution in [3.05, 3.63) is 42.0 Å². The molecule has 0 spiro atoms. The van der Waals surface area contributed by atoms with Gasteiger partial charge in [-0.25, -0.2) is 0 Å².